The predicted molar refractivity (Wildman–Crippen MR) is 76.3 cm³/mol. The molecule has 0 spiro atoms. The van der Waals surface area contributed by atoms with Crippen LogP contribution in [0, 0.1) is 11.3 Å². The Labute approximate surface area is 112 Å². The third kappa shape index (κ3) is 4.97. The minimum atomic E-state index is 0.331. The van der Waals surface area contributed by atoms with Gasteiger partial charge in [0.1, 0.15) is 0 Å². The summed E-state index contributed by atoms with van der Waals surface area (Å²) in [6.45, 7) is 9.54. The van der Waals surface area contributed by atoms with Gasteiger partial charge in [0, 0.05) is 19.5 Å². The number of hydrogen-bond acceptors (Lipinski definition) is 2. The van der Waals surface area contributed by atoms with Crippen LogP contribution in [0.2, 0.25) is 0 Å². The van der Waals surface area contributed by atoms with E-state index >= 15 is 0 Å². The van der Waals surface area contributed by atoms with Gasteiger partial charge in [0.15, 0.2) is 0 Å². The van der Waals surface area contributed by atoms with E-state index in [4.69, 9.17) is 5.73 Å². The molecule has 0 aromatic rings. The van der Waals surface area contributed by atoms with E-state index in [9.17, 15) is 4.79 Å². The molecule has 3 nitrogen and oxygen atoms in total. The maximum Gasteiger partial charge on any atom is 0.222 e. The Balaban J connectivity index is 2.39. The lowest BCUT2D eigenvalue weighted by molar-refractivity contribution is -0.131. The molecule has 0 saturated carbocycles. The summed E-state index contributed by atoms with van der Waals surface area (Å²) in [6, 6.07) is 0. The van der Waals surface area contributed by atoms with E-state index in [0.29, 0.717) is 24.3 Å². The zero-order valence-corrected chi connectivity index (χ0v) is 12.4. The maximum atomic E-state index is 12.1. The average Bonchev–Trinajstić information content (AvgIpc) is 2.54. The van der Waals surface area contributed by atoms with Gasteiger partial charge in [-0.05, 0) is 50.0 Å². The zero-order valence-electron chi connectivity index (χ0n) is 12.4. The lowest BCUT2D eigenvalue weighted by Gasteiger charge is -2.29. The molecule has 0 aliphatic carbocycles. The van der Waals surface area contributed by atoms with Crippen LogP contribution < -0.4 is 5.73 Å². The second-order valence-corrected chi connectivity index (χ2v) is 6.62. The Bertz CT molecular complexity index is 258. The first-order chi connectivity index (χ1) is 8.45. The van der Waals surface area contributed by atoms with Gasteiger partial charge in [0.25, 0.3) is 0 Å². The Morgan fingerprint density at radius 2 is 1.94 bits per heavy atom. The number of carbonyl (C=O) groups is 1. The van der Waals surface area contributed by atoms with E-state index in [2.05, 4.69) is 25.7 Å². The van der Waals surface area contributed by atoms with Gasteiger partial charge in [-0.25, -0.2) is 0 Å². The Kier molecular flexibility index (Phi) is 6.13. The molecule has 1 atom stereocenters. The SMILES string of the molecule is CC(C)(C)C1CCCN(C(=O)CCCCN)CC1. The van der Waals surface area contributed by atoms with E-state index in [-0.39, 0.29) is 0 Å². The van der Waals surface area contributed by atoms with Crippen LogP contribution >= 0.6 is 0 Å². The second kappa shape index (κ2) is 7.13. The van der Waals surface area contributed by atoms with E-state index in [1.807, 2.05) is 0 Å². The van der Waals surface area contributed by atoms with Crippen molar-refractivity contribution in [1.29, 1.82) is 0 Å². The van der Waals surface area contributed by atoms with Crippen molar-refractivity contribution in [3.8, 4) is 0 Å². The fourth-order valence-corrected chi connectivity index (χ4v) is 2.79. The summed E-state index contributed by atoms with van der Waals surface area (Å²) in [6.07, 6.45) is 6.16. The molecule has 1 unspecified atom stereocenters. The summed E-state index contributed by atoms with van der Waals surface area (Å²) in [5.74, 6) is 1.08. The summed E-state index contributed by atoms with van der Waals surface area (Å²) in [4.78, 5) is 14.1. The smallest absolute Gasteiger partial charge is 0.222 e. The van der Waals surface area contributed by atoms with Gasteiger partial charge in [-0.3, -0.25) is 4.79 Å². The van der Waals surface area contributed by atoms with E-state index in [0.717, 1.165) is 44.7 Å². The van der Waals surface area contributed by atoms with Crippen LogP contribution in [0.15, 0.2) is 0 Å². The summed E-state index contributed by atoms with van der Waals surface area (Å²) >= 11 is 0. The summed E-state index contributed by atoms with van der Waals surface area (Å²) in [7, 11) is 0. The monoisotopic (exact) mass is 254 g/mol. The van der Waals surface area contributed by atoms with Gasteiger partial charge in [-0.1, -0.05) is 20.8 Å². The van der Waals surface area contributed by atoms with Crippen LogP contribution in [0.5, 0.6) is 0 Å². The molecule has 1 fully saturated rings. The van der Waals surface area contributed by atoms with Gasteiger partial charge < -0.3 is 10.6 Å². The van der Waals surface area contributed by atoms with E-state index in [1.54, 1.807) is 0 Å². The molecule has 2 N–H and O–H groups in total. The quantitative estimate of drug-likeness (QED) is 0.784. The van der Waals surface area contributed by atoms with Crippen molar-refractivity contribution in [3.63, 3.8) is 0 Å². The van der Waals surface area contributed by atoms with Gasteiger partial charge >= 0.3 is 0 Å². The summed E-state index contributed by atoms with van der Waals surface area (Å²) in [5, 5.41) is 0. The number of hydrogen-bond donors (Lipinski definition) is 1. The van der Waals surface area contributed by atoms with Gasteiger partial charge in [-0.15, -0.1) is 0 Å². The van der Waals surface area contributed by atoms with Gasteiger partial charge in [0.05, 0.1) is 0 Å². The Hall–Kier alpha value is -0.570. The van der Waals surface area contributed by atoms with Crippen molar-refractivity contribution < 1.29 is 4.79 Å². The first-order valence-corrected chi connectivity index (χ1v) is 7.43. The molecule has 18 heavy (non-hydrogen) atoms. The second-order valence-electron chi connectivity index (χ2n) is 6.62. The highest BCUT2D eigenvalue weighted by Gasteiger charge is 2.28. The minimum Gasteiger partial charge on any atom is -0.343 e. The summed E-state index contributed by atoms with van der Waals surface area (Å²) < 4.78 is 0. The summed E-state index contributed by atoms with van der Waals surface area (Å²) in [5.41, 5.74) is 5.83. The molecular weight excluding hydrogens is 224 g/mol. The van der Waals surface area contributed by atoms with Crippen LogP contribution in [0.1, 0.15) is 59.3 Å². The fraction of sp³-hybridized carbons (Fsp3) is 0.933. The van der Waals surface area contributed by atoms with E-state index in [1.165, 1.54) is 6.42 Å². The standard InChI is InChI=1S/C15H30N2O/c1-15(2,3)13-7-6-11-17(12-9-13)14(18)8-4-5-10-16/h13H,4-12,16H2,1-3H3. The largest absolute Gasteiger partial charge is 0.343 e. The number of carbonyl (C=O) groups excluding carboxylic acids is 1. The highest BCUT2D eigenvalue weighted by Crippen LogP contribution is 2.34. The topological polar surface area (TPSA) is 46.3 Å². The van der Waals surface area contributed by atoms with Crippen molar-refractivity contribution in [2.75, 3.05) is 19.6 Å². The van der Waals surface area contributed by atoms with Crippen LogP contribution in [0.25, 0.3) is 0 Å². The molecule has 3 heteroatoms. The van der Waals surface area contributed by atoms with Crippen LogP contribution in [0.4, 0.5) is 0 Å². The lowest BCUT2D eigenvalue weighted by atomic mass is 9.77. The minimum absolute atomic E-state index is 0.331. The Morgan fingerprint density at radius 3 is 2.56 bits per heavy atom. The zero-order chi connectivity index (χ0) is 13.6. The molecule has 0 bridgehead atoms. The first-order valence-electron chi connectivity index (χ1n) is 7.43. The fourth-order valence-electron chi connectivity index (χ4n) is 2.79. The van der Waals surface area contributed by atoms with Crippen LogP contribution in [-0.2, 0) is 4.79 Å². The third-order valence-electron chi connectivity index (χ3n) is 4.15. The number of rotatable bonds is 4. The predicted octanol–water partition coefficient (Wildman–Crippen LogP) is 2.79. The third-order valence-corrected chi connectivity index (χ3v) is 4.15. The van der Waals surface area contributed by atoms with Gasteiger partial charge in [-0.2, -0.15) is 0 Å². The number of likely N-dealkylation sites (tertiary alicyclic amines) is 1. The number of amides is 1. The molecule has 1 heterocycles. The molecule has 0 aromatic carbocycles. The molecule has 1 saturated heterocycles. The highest BCUT2D eigenvalue weighted by molar-refractivity contribution is 5.76. The molecule has 0 aromatic heterocycles. The first kappa shape index (κ1) is 15.5. The molecule has 1 aliphatic heterocycles. The molecule has 1 amide bonds. The highest BCUT2D eigenvalue weighted by atomic mass is 16.2. The molecule has 0 radical (unpaired) electrons. The molecule has 1 rings (SSSR count). The molecular formula is C15H30N2O. The van der Waals surface area contributed by atoms with E-state index < -0.39 is 0 Å². The van der Waals surface area contributed by atoms with Crippen molar-refractivity contribution in [3.05, 3.63) is 0 Å². The van der Waals surface area contributed by atoms with Crippen LogP contribution in [0.3, 0.4) is 0 Å². The van der Waals surface area contributed by atoms with Crippen LogP contribution in [-0.4, -0.2) is 30.4 Å². The van der Waals surface area contributed by atoms with Crippen molar-refractivity contribution in [1.82, 2.24) is 4.90 Å². The molecule has 1 aliphatic rings. The van der Waals surface area contributed by atoms with Gasteiger partial charge in [0.2, 0.25) is 5.91 Å². The van der Waals surface area contributed by atoms with Crippen molar-refractivity contribution in [2.24, 2.45) is 17.1 Å². The maximum absolute atomic E-state index is 12.1. The molecule has 106 valence electrons. The normalized spacial score (nSPS) is 21.8. The lowest BCUT2D eigenvalue weighted by Crippen LogP contribution is -2.32. The van der Waals surface area contributed by atoms with Crippen molar-refractivity contribution in [2.45, 2.75) is 59.3 Å². The Morgan fingerprint density at radius 1 is 1.22 bits per heavy atom. The number of nitrogens with two attached hydrogens (primary N) is 1. The number of nitrogens with zero attached hydrogens (tertiary/aromatic N) is 1. The van der Waals surface area contributed by atoms with Crippen molar-refractivity contribution >= 4 is 5.91 Å². The average molecular weight is 254 g/mol. The number of unbranched alkanes of at least 4 members (excludes halogenated alkanes) is 1.